The molecule has 0 aliphatic rings. The third-order valence-corrected chi connectivity index (χ3v) is 5.69. The van der Waals surface area contributed by atoms with Gasteiger partial charge in [-0.1, -0.05) is 18.2 Å². The molecule has 0 saturated carbocycles. The van der Waals surface area contributed by atoms with Gasteiger partial charge < -0.3 is 43.2 Å². The number of primary amides is 2. The summed E-state index contributed by atoms with van der Waals surface area (Å²) < 4.78 is 0. The highest BCUT2D eigenvalue weighted by molar-refractivity contribution is 7.80. The highest BCUT2D eigenvalue weighted by Crippen LogP contribution is 2.19. The van der Waals surface area contributed by atoms with E-state index >= 15 is 0 Å². The number of carboxylic acid groups (broad SMARTS) is 1. The first-order valence-corrected chi connectivity index (χ1v) is 11.7. The number of aromatic nitrogens is 1. The Morgan fingerprint density at radius 1 is 0.865 bits per heavy atom. The molecule has 0 spiro atoms. The molecule has 1 heterocycles. The van der Waals surface area contributed by atoms with E-state index in [0.717, 1.165) is 10.9 Å². The number of para-hydroxylation sites is 1. The van der Waals surface area contributed by atoms with E-state index in [-0.39, 0.29) is 12.2 Å². The lowest BCUT2D eigenvalue weighted by Crippen LogP contribution is -2.58. The molecule has 0 aliphatic carbocycles. The number of benzene rings is 1. The minimum atomic E-state index is -1.53. The smallest absolute Gasteiger partial charge is 0.326 e. The molecular formula is C22H29N7O7S. The number of carbonyl (C=O) groups is 6. The predicted octanol–water partition coefficient (Wildman–Crippen LogP) is -2.74. The predicted molar refractivity (Wildman–Crippen MR) is 135 cm³/mol. The Labute approximate surface area is 216 Å². The third-order valence-electron chi connectivity index (χ3n) is 5.33. The molecule has 14 nitrogen and oxygen atoms in total. The van der Waals surface area contributed by atoms with Crippen molar-refractivity contribution in [3.63, 3.8) is 0 Å². The summed E-state index contributed by atoms with van der Waals surface area (Å²) in [5.41, 5.74) is 17.2. The van der Waals surface area contributed by atoms with Gasteiger partial charge >= 0.3 is 5.97 Å². The minimum Gasteiger partial charge on any atom is -0.480 e. The van der Waals surface area contributed by atoms with Gasteiger partial charge in [0.15, 0.2) is 0 Å². The van der Waals surface area contributed by atoms with Crippen LogP contribution in [0.3, 0.4) is 0 Å². The van der Waals surface area contributed by atoms with E-state index in [4.69, 9.17) is 17.2 Å². The summed E-state index contributed by atoms with van der Waals surface area (Å²) in [6.45, 7) is 0. The Hall–Kier alpha value is -4.11. The molecular weight excluding hydrogens is 506 g/mol. The van der Waals surface area contributed by atoms with E-state index < -0.39 is 72.5 Å². The van der Waals surface area contributed by atoms with Crippen molar-refractivity contribution in [1.29, 1.82) is 0 Å². The van der Waals surface area contributed by atoms with Gasteiger partial charge in [0.05, 0.1) is 18.9 Å². The van der Waals surface area contributed by atoms with Gasteiger partial charge in [0.2, 0.25) is 29.5 Å². The molecule has 2 aromatic rings. The molecule has 1 aromatic heterocycles. The molecule has 0 bridgehead atoms. The van der Waals surface area contributed by atoms with Crippen molar-refractivity contribution < 1.29 is 33.9 Å². The maximum Gasteiger partial charge on any atom is 0.326 e. The van der Waals surface area contributed by atoms with E-state index in [1.54, 1.807) is 18.3 Å². The zero-order chi connectivity index (χ0) is 27.7. The number of rotatable bonds is 14. The molecule has 0 fully saturated rings. The number of carboxylic acids is 1. The molecule has 4 unspecified atom stereocenters. The fourth-order valence-electron chi connectivity index (χ4n) is 3.46. The summed E-state index contributed by atoms with van der Waals surface area (Å²) in [5, 5.41) is 17.3. The highest BCUT2D eigenvalue weighted by atomic mass is 32.1. The normalized spacial score (nSPS) is 14.1. The minimum absolute atomic E-state index is 0.0452. The van der Waals surface area contributed by atoms with Gasteiger partial charge in [0.25, 0.3) is 0 Å². The van der Waals surface area contributed by atoms with Crippen LogP contribution in [-0.2, 0) is 35.2 Å². The average Bonchev–Trinajstić information content (AvgIpc) is 3.23. The lowest BCUT2D eigenvalue weighted by molar-refractivity contribution is -0.142. The second-order valence-corrected chi connectivity index (χ2v) is 8.58. The fourth-order valence-corrected chi connectivity index (χ4v) is 3.71. The van der Waals surface area contributed by atoms with Crippen molar-refractivity contribution in [2.75, 3.05) is 5.75 Å². The SMILES string of the molecule is NC(=O)CC(N)C(=O)NC(CC(N)=O)C(=O)NC(CS)C(=O)NC(Cc1c[nH]c2ccccc12)C(=O)O. The van der Waals surface area contributed by atoms with Crippen LogP contribution in [0.4, 0.5) is 0 Å². The van der Waals surface area contributed by atoms with Crippen molar-refractivity contribution >= 4 is 59.0 Å². The van der Waals surface area contributed by atoms with Crippen molar-refractivity contribution in [2.45, 2.75) is 43.4 Å². The van der Waals surface area contributed by atoms with Crippen LogP contribution in [0.2, 0.25) is 0 Å². The van der Waals surface area contributed by atoms with E-state index in [1.807, 2.05) is 12.1 Å². The van der Waals surface area contributed by atoms with Gasteiger partial charge in [-0.2, -0.15) is 12.6 Å². The summed E-state index contributed by atoms with van der Waals surface area (Å²) in [7, 11) is 0. The topological polar surface area (TPSA) is 253 Å². The fraction of sp³-hybridized carbons (Fsp3) is 0.364. The first kappa shape index (κ1) is 29.1. The van der Waals surface area contributed by atoms with Crippen molar-refractivity contribution in [3.8, 4) is 0 Å². The molecule has 37 heavy (non-hydrogen) atoms. The maximum absolute atomic E-state index is 12.8. The van der Waals surface area contributed by atoms with Crippen LogP contribution in [0.5, 0.6) is 0 Å². The van der Waals surface area contributed by atoms with Crippen LogP contribution in [0, 0.1) is 0 Å². The molecule has 4 atom stereocenters. The molecule has 0 saturated heterocycles. The second kappa shape index (κ2) is 13.3. The number of hydrogen-bond acceptors (Lipinski definition) is 8. The van der Waals surface area contributed by atoms with Crippen LogP contribution in [0.15, 0.2) is 30.5 Å². The number of aromatic amines is 1. The van der Waals surface area contributed by atoms with Gasteiger partial charge in [0, 0.05) is 29.3 Å². The number of thiol groups is 1. The summed E-state index contributed by atoms with van der Waals surface area (Å²) >= 11 is 4.04. The number of nitrogens with one attached hydrogen (secondary N) is 4. The number of H-pyrrole nitrogens is 1. The van der Waals surface area contributed by atoms with Crippen LogP contribution >= 0.6 is 12.6 Å². The monoisotopic (exact) mass is 535 g/mol. The van der Waals surface area contributed by atoms with Crippen LogP contribution in [0.25, 0.3) is 10.9 Å². The number of nitrogens with two attached hydrogens (primary N) is 3. The molecule has 2 rings (SSSR count). The molecule has 11 N–H and O–H groups in total. The van der Waals surface area contributed by atoms with E-state index in [2.05, 4.69) is 33.6 Å². The quantitative estimate of drug-likeness (QED) is 0.114. The Morgan fingerprint density at radius 2 is 1.43 bits per heavy atom. The number of hydrogen-bond donors (Lipinski definition) is 9. The average molecular weight is 536 g/mol. The Kier molecular flexibility index (Phi) is 10.4. The van der Waals surface area contributed by atoms with Gasteiger partial charge in [-0.3, -0.25) is 24.0 Å². The van der Waals surface area contributed by atoms with E-state index in [0.29, 0.717) is 5.56 Å². The first-order chi connectivity index (χ1) is 17.4. The lowest BCUT2D eigenvalue weighted by atomic mass is 10.0. The maximum atomic E-state index is 12.8. The Bertz CT molecular complexity index is 1190. The zero-order valence-corrected chi connectivity index (χ0v) is 20.5. The summed E-state index contributed by atoms with van der Waals surface area (Å²) in [6, 6.07) is 1.67. The van der Waals surface area contributed by atoms with Crippen molar-refractivity contribution in [3.05, 3.63) is 36.0 Å². The third kappa shape index (κ3) is 8.50. The molecule has 0 radical (unpaired) electrons. The van der Waals surface area contributed by atoms with Gasteiger partial charge in [0.1, 0.15) is 18.1 Å². The Morgan fingerprint density at radius 3 is 2.03 bits per heavy atom. The van der Waals surface area contributed by atoms with Crippen LogP contribution < -0.4 is 33.2 Å². The standard InChI is InChI=1S/C22H29N7O7S/c23-12(6-17(24)30)19(32)27-14(7-18(25)31)20(33)29-16(9-37)21(34)28-15(22(35)36)5-10-8-26-13-4-2-1-3-11(10)13/h1-4,8,12,14-16,26,37H,5-7,9,23H2,(H2,24,30)(H2,25,31)(H,27,32)(H,28,34)(H,29,33)(H,35,36). The zero-order valence-electron chi connectivity index (χ0n) is 19.6. The largest absolute Gasteiger partial charge is 0.480 e. The molecule has 200 valence electrons. The van der Waals surface area contributed by atoms with Crippen LogP contribution in [-0.4, -0.2) is 75.5 Å². The van der Waals surface area contributed by atoms with Crippen molar-refractivity contribution in [2.24, 2.45) is 17.2 Å². The van der Waals surface area contributed by atoms with Gasteiger partial charge in [-0.05, 0) is 11.6 Å². The summed E-state index contributed by atoms with van der Waals surface area (Å²) in [5.74, 6) is -6.12. The Balaban J connectivity index is 2.10. The molecule has 0 aliphatic heterocycles. The second-order valence-electron chi connectivity index (χ2n) is 8.22. The van der Waals surface area contributed by atoms with Crippen molar-refractivity contribution in [1.82, 2.24) is 20.9 Å². The van der Waals surface area contributed by atoms with E-state index in [1.165, 1.54) is 0 Å². The molecule has 15 heteroatoms. The number of aliphatic carboxylic acids is 1. The number of amides is 5. The van der Waals surface area contributed by atoms with E-state index in [9.17, 15) is 33.9 Å². The summed E-state index contributed by atoms with van der Waals surface area (Å²) in [4.78, 5) is 75.0. The number of carbonyl (C=O) groups excluding carboxylic acids is 5. The first-order valence-electron chi connectivity index (χ1n) is 11.0. The highest BCUT2D eigenvalue weighted by Gasteiger charge is 2.31. The lowest BCUT2D eigenvalue weighted by Gasteiger charge is -2.24. The molecule has 1 aromatic carbocycles. The number of fused-ring (bicyclic) bond motifs is 1. The molecule has 5 amide bonds. The van der Waals surface area contributed by atoms with Crippen LogP contribution in [0.1, 0.15) is 18.4 Å². The van der Waals surface area contributed by atoms with Gasteiger partial charge in [-0.15, -0.1) is 0 Å². The summed E-state index contributed by atoms with van der Waals surface area (Å²) in [6.07, 6.45) is 0.451. The van der Waals surface area contributed by atoms with Gasteiger partial charge in [-0.25, -0.2) is 4.79 Å².